The van der Waals surface area contributed by atoms with Crippen molar-refractivity contribution in [2.24, 2.45) is 5.92 Å². The Labute approximate surface area is 121 Å². The number of amides is 2. The molecule has 1 aliphatic heterocycles. The summed E-state index contributed by atoms with van der Waals surface area (Å²) in [5.41, 5.74) is 0. The zero-order valence-electron chi connectivity index (χ0n) is 11.8. The molecule has 7 heteroatoms. The second kappa shape index (κ2) is 6.07. The van der Waals surface area contributed by atoms with Crippen LogP contribution in [0.3, 0.4) is 0 Å². The quantitative estimate of drug-likeness (QED) is 0.793. The number of nitrogens with zero attached hydrogens (tertiary/aromatic N) is 1. The number of rotatable bonds is 2. The number of halogens is 3. The first-order chi connectivity index (χ1) is 9.79. The van der Waals surface area contributed by atoms with Crippen molar-refractivity contribution in [3.63, 3.8) is 0 Å². The molecule has 0 aromatic rings. The van der Waals surface area contributed by atoms with Gasteiger partial charge in [-0.3, -0.25) is 9.59 Å². The highest BCUT2D eigenvalue weighted by Crippen LogP contribution is 2.34. The van der Waals surface area contributed by atoms with E-state index in [0.717, 1.165) is 4.90 Å². The number of hydrogen-bond acceptors (Lipinski definition) is 2. The van der Waals surface area contributed by atoms with Crippen molar-refractivity contribution in [1.29, 1.82) is 0 Å². The van der Waals surface area contributed by atoms with Gasteiger partial charge >= 0.3 is 6.18 Å². The van der Waals surface area contributed by atoms with E-state index in [1.165, 1.54) is 6.92 Å². The van der Waals surface area contributed by atoms with Gasteiger partial charge in [0.05, 0.1) is 0 Å². The fourth-order valence-electron chi connectivity index (χ4n) is 3.01. The Hall–Kier alpha value is -1.53. The van der Waals surface area contributed by atoms with Gasteiger partial charge in [0.1, 0.15) is 6.04 Å². The van der Waals surface area contributed by atoms with E-state index in [1.54, 1.807) is 0 Å². The van der Waals surface area contributed by atoms with Gasteiger partial charge in [-0.15, -0.1) is 0 Å². The SMILES string of the molecule is CC(=O)N[C@@H]1CC[C@H](C(F)(F)F)N(C(=O)C2CC=CC2)C1. The molecular formula is C14H19F3N2O2. The van der Waals surface area contributed by atoms with E-state index in [0.29, 0.717) is 12.8 Å². The van der Waals surface area contributed by atoms with Crippen molar-refractivity contribution in [3.05, 3.63) is 12.2 Å². The van der Waals surface area contributed by atoms with Crippen molar-refractivity contribution in [1.82, 2.24) is 10.2 Å². The third-order valence-corrected chi connectivity index (χ3v) is 4.01. The maximum atomic E-state index is 13.1. The van der Waals surface area contributed by atoms with Crippen LogP contribution in [0.25, 0.3) is 0 Å². The molecule has 1 fully saturated rings. The summed E-state index contributed by atoms with van der Waals surface area (Å²) < 4.78 is 39.4. The molecule has 0 saturated carbocycles. The molecule has 0 unspecified atom stereocenters. The normalized spacial score (nSPS) is 27.0. The van der Waals surface area contributed by atoms with E-state index >= 15 is 0 Å². The van der Waals surface area contributed by atoms with Crippen molar-refractivity contribution < 1.29 is 22.8 Å². The van der Waals surface area contributed by atoms with Gasteiger partial charge in [-0.1, -0.05) is 12.2 Å². The first-order valence-corrected chi connectivity index (χ1v) is 7.08. The molecule has 1 aliphatic carbocycles. The van der Waals surface area contributed by atoms with E-state index in [2.05, 4.69) is 5.32 Å². The fourth-order valence-corrected chi connectivity index (χ4v) is 3.01. The summed E-state index contributed by atoms with van der Waals surface area (Å²) in [5.74, 6) is -1.15. The minimum Gasteiger partial charge on any atom is -0.352 e. The first kappa shape index (κ1) is 15.9. The van der Waals surface area contributed by atoms with Gasteiger partial charge in [0, 0.05) is 25.4 Å². The lowest BCUT2D eigenvalue weighted by Gasteiger charge is -2.41. The Morgan fingerprint density at radius 1 is 1.19 bits per heavy atom. The summed E-state index contributed by atoms with van der Waals surface area (Å²) in [6.07, 6.45) is 0.260. The average molecular weight is 304 g/mol. The Bertz CT molecular complexity index is 440. The van der Waals surface area contributed by atoms with Gasteiger partial charge in [0.25, 0.3) is 0 Å². The highest BCUT2D eigenvalue weighted by molar-refractivity contribution is 5.80. The second-order valence-corrected chi connectivity index (χ2v) is 5.66. The van der Waals surface area contributed by atoms with Crippen LogP contribution in [-0.2, 0) is 9.59 Å². The van der Waals surface area contributed by atoms with Crippen LogP contribution < -0.4 is 5.32 Å². The zero-order valence-corrected chi connectivity index (χ0v) is 11.8. The molecule has 2 rings (SSSR count). The van der Waals surface area contributed by atoms with Crippen molar-refractivity contribution in [3.8, 4) is 0 Å². The number of carbonyl (C=O) groups is 2. The summed E-state index contributed by atoms with van der Waals surface area (Å²) in [6, 6.07) is -2.14. The van der Waals surface area contributed by atoms with Crippen LogP contribution in [0.1, 0.15) is 32.6 Å². The largest absolute Gasteiger partial charge is 0.408 e. The molecule has 1 saturated heterocycles. The van der Waals surface area contributed by atoms with Crippen molar-refractivity contribution in [2.45, 2.75) is 50.9 Å². The maximum Gasteiger partial charge on any atom is 0.408 e. The summed E-state index contributed by atoms with van der Waals surface area (Å²) in [4.78, 5) is 24.4. The predicted molar refractivity (Wildman–Crippen MR) is 70.3 cm³/mol. The number of nitrogens with one attached hydrogen (secondary N) is 1. The molecule has 2 aliphatic rings. The maximum absolute atomic E-state index is 13.1. The lowest BCUT2D eigenvalue weighted by molar-refractivity contribution is -0.199. The van der Waals surface area contributed by atoms with Crippen LogP contribution in [0.15, 0.2) is 12.2 Å². The molecule has 2 atom stereocenters. The number of hydrogen-bond donors (Lipinski definition) is 1. The van der Waals surface area contributed by atoms with Crippen LogP contribution in [-0.4, -0.2) is 41.5 Å². The second-order valence-electron chi connectivity index (χ2n) is 5.66. The molecule has 0 bridgehead atoms. The third-order valence-electron chi connectivity index (χ3n) is 4.01. The molecule has 1 heterocycles. The van der Waals surface area contributed by atoms with Gasteiger partial charge in [0.2, 0.25) is 11.8 Å². The number of likely N-dealkylation sites (tertiary alicyclic amines) is 1. The summed E-state index contributed by atoms with van der Waals surface area (Å²) in [7, 11) is 0. The van der Waals surface area contributed by atoms with Crippen molar-refractivity contribution in [2.75, 3.05) is 6.54 Å². The summed E-state index contributed by atoms with van der Waals surface area (Å²) in [5, 5.41) is 2.61. The molecule has 0 radical (unpaired) electrons. The Kier molecular flexibility index (Phi) is 4.58. The summed E-state index contributed by atoms with van der Waals surface area (Å²) >= 11 is 0. The third kappa shape index (κ3) is 3.77. The molecule has 118 valence electrons. The van der Waals surface area contributed by atoms with Gasteiger partial charge in [0.15, 0.2) is 0 Å². The van der Waals surface area contributed by atoms with Gasteiger partial charge in [-0.25, -0.2) is 0 Å². The van der Waals surface area contributed by atoms with Crippen LogP contribution in [0.4, 0.5) is 13.2 Å². The molecular weight excluding hydrogens is 285 g/mol. The van der Waals surface area contributed by atoms with Crippen LogP contribution in [0.5, 0.6) is 0 Å². The average Bonchev–Trinajstić information content (AvgIpc) is 2.89. The van der Waals surface area contributed by atoms with Crippen LogP contribution >= 0.6 is 0 Å². The van der Waals surface area contributed by atoms with Crippen LogP contribution in [0, 0.1) is 5.92 Å². The predicted octanol–water partition coefficient (Wildman–Crippen LogP) is 2.01. The van der Waals surface area contributed by atoms with Gasteiger partial charge < -0.3 is 10.2 Å². The van der Waals surface area contributed by atoms with E-state index in [4.69, 9.17) is 0 Å². The minimum atomic E-state index is -4.43. The Morgan fingerprint density at radius 2 is 1.81 bits per heavy atom. The molecule has 21 heavy (non-hydrogen) atoms. The Morgan fingerprint density at radius 3 is 2.33 bits per heavy atom. The lowest BCUT2D eigenvalue weighted by Crippen LogP contribution is -2.59. The van der Waals surface area contributed by atoms with E-state index in [-0.39, 0.29) is 25.3 Å². The number of carbonyl (C=O) groups excluding carboxylic acids is 2. The lowest BCUT2D eigenvalue weighted by atomic mass is 9.94. The summed E-state index contributed by atoms with van der Waals surface area (Å²) in [6.45, 7) is 1.25. The molecule has 2 amide bonds. The smallest absolute Gasteiger partial charge is 0.352 e. The molecule has 0 aromatic carbocycles. The highest BCUT2D eigenvalue weighted by atomic mass is 19.4. The topological polar surface area (TPSA) is 49.4 Å². The number of piperidine rings is 1. The van der Waals surface area contributed by atoms with E-state index in [1.807, 2.05) is 12.2 Å². The Balaban J connectivity index is 2.12. The highest BCUT2D eigenvalue weighted by Gasteiger charge is 2.49. The first-order valence-electron chi connectivity index (χ1n) is 7.08. The zero-order chi connectivity index (χ0) is 15.6. The molecule has 0 aromatic heterocycles. The standard InChI is InChI=1S/C14H19F3N2O2/c1-9(20)18-11-6-7-12(14(15,16)17)19(8-11)13(21)10-4-2-3-5-10/h2-3,10-12H,4-8H2,1H3,(H,18,20)/t11-,12-/m1/s1. The van der Waals surface area contributed by atoms with Crippen molar-refractivity contribution >= 4 is 11.8 Å². The fraction of sp³-hybridized carbons (Fsp3) is 0.714. The van der Waals surface area contributed by atoms with Gasteiger partial charge in [-0.05, 0) is 25.7 Å². The van der Waals surface area contributed by atoms with Crippen LogP contribution in [0.2, 0.25) is 0 Å². The van der Waals surface area contributed by atoms with E-state index in [9.17, 15) is 22.8 Å². The molecule has 1 N–H and O–H groups in total. The van der Waals surface area contributed by atoms with E-state index < -0.39 is 30.1 Å². The number of allylic oxidation sites excluding steroid dienone is 2. The molecule has 4 nitrogen and oxygen atoms in total. The number of alkyl halides is 3. The minimum absolute atomic E-state index is 0.0703. The monoisotopic (exact) mass is 304 g/mol. The molecule has 0 spiro atoms. The van der Waals surface area contributed by atoms with Gasteiger partial charge in [-0.2, -0.15) is 13.2 Å².